The molecule has 0 bridgehead atoms. The normalized spacial score (nSPS) is 13.0. The molecule has 0 fully saturated rings. The molecule has 2 amide bonds. The van der Waals surface area contributed by atoms with Crippen molar-refractivity contribution in [1.29, 1.82) is 0 Å². The lowest BCUT2D eigenvalue weighted by Gasteiger charge is -2.21. The van der Waals surface area contributed by atoms with Crippen LogP contribution < -0.4 is 10.6 Å². The number of aliphatic hydroxyl groups is 1. The number of para-hydroxylation sites is 1. The van der Waals surface area contributed by atoms with Gasteiger partial charge in [-0.2, -0.15) is 0 Å². The van der Waals surface area contributed by atoms with Gasteiger partial charge in [-0.25, -0.2) is 4.79 Å². The number of hydrogen-bond donors (Lipinski definition) is 5. The SMILES string of the molecule is O=C(O)N[C@H](Cc1c[nH]c2ccccc12)C(=O)N[C@H](CO)Cc1ccccc1. The second kappa shape index (κ2) is 9.05. The Morgan fingerprint density at radius 1 is 0.964 bits per heavy atom. The number of aromatic amines is 1. The molecule has 0 aliphatic heterocycles. The summed E-state index contributed by atoms with van der Waals surface area (Å²) in [6, 6.07) is 15.6. The van der Waals surface area contributed by atoms with Crippen molar-refractivity contribution in [2.24, 2.45) is 0 Å². The molecule has 3 aromatic rings. The first-order valence-electron chi connectivity index (χ1n) is 9.06. The van der Waals surface area contributed by atoms with E-state index in [1.165, 1.54) is 0 Å². The van der Waals surface area contributed by atoms with Crippen LogP contribution in [0.1, 0.15) is 11.1 Å². The maximum absolute atomic E-state index is 12.7. The highest BCUT2D eigenvalue weighted by Gasteiger charge is 2.24. The van der Waals surface area contributed by atoms with Gasteiger partial charge in [-0.1, -0.05) is 48.5 Å². The summed E-state index contributed by atoms with van der Waals surface area (Å²) in [6.07, 6.45) is 1.16. The molecule has 0 radical (unpaired) electrons. The van der Waals surface area contributed by atoms with E-state index in [4.69, 9.17) is 5.11 Å². The molecule has 1 heterocycles. The van der Waals surface area contributed by atoms with E-state index in [9.17, 15) is 14.7 Å². The van der Waals surface area contributed by atoms with Gasteiger partial charge >= 0.3 is 6.09 Å². The zero-order valence-electron chi connectivity index (χ0n) is 15.3. The van der Waals surface area contributed by atoms with E-state index in [1.54, 1.807) is 6.20 Å². The fraction of sp³-hybridized carbons (Fsp3) is 0.238. The first-order chi connectivity index (χ1) is 13.6. The molecule has 2 atom stereocenters. The molecule has 0 unspecified atom stereocenters. The third-order valence-electron chi connectivity index (χ3n) is 4.60. The van der Waals surface area contributed by atoms with Crippen LogP contribution in [0, 0.1) is 0 Å². The fourth-order valence-electron chi connectivity index (χ4n) is 3.24. The van der Waals surface area contributed by atoms with Gasteiger partial charge in [0.05, 0.1) is 12.6 Å². The lowest BCUT2D eigenvalue weighted by atomic mass is 10.0. The molecule has 0 aliphatic rings. The van der Waals surface area contributed by atoms with Crippen molar-refractivity contribution in [2.45, 2.75) is 24.9 Å². The first kappa shape index (κ1) is 19.4. The Morgan fingerprint density at radius 3 is 2.39 bits per heavy atom. The van der Waals surface area contributed by atoms with Crippen molar-refractivity contribution < 1.29 is 19.8 Å². The minimum Gasteiger partial charge on any atom is -0.465 e. The summed E-state index contributed by atoms with van der Waals surface area (Å²) in [5.41, 5.74) is 2.73. The Morgan fingerprint density at radius 2 is 1.68 bits per heavy atom. The van der Waals surface area contributed by atoms with Gasteiger partial charge in [0.25, 0.3) is 0 Å². The van der Waals surface area contributed by atoms with Crippen LogP contribution in [-0.4, -0.2) is 45.9 Å². The predicted octanol–water partition coefficient (Wildman–Crippen LogP) is 2.07. The van der Waals surface area contributed by atoms with Gasteiger partial charge < -0.3 is 25.8 Å². The van der Waals surface area contributed by atoms with Gasteiger partial charge in [0.2, 0.25) is 5.91 Å². The van der Waals surface area contributed by atoms with Crippen molar-refractivity contribution in [3.63, 3.8) is 0 Å². The average Bonchev–Trinajstić information content (AvgIpc) is 3.10. The van der Waals surface area contributed by atoms with E-state index < -0.39 is 24.1 Å². The highest BCUT2D eigenvalue weighted by molar-refractivity contribution is 5.88. The number of aromatic nitrogens is 1. The van der Waals surface area contributed by atoms with Crippen molar-refractivity contribution in [1.82, 2.24) is 15.6 Å². The molecule has 0 spiro atoms. The highest BCUT2D eigenvalue weighted by atomic mass is 16.4. The van der Waals surface area contributed by atoms with Gasteiger partial charge in [0, 0.05) is 23.5 Å². The zero-order valence-corrected chi connectivity index (χ0v) is 15.3. The summed E-state index contributed by atoms with van der Waals surface area (Å²) in [6.45, 7) is -0.243. The molecule has 0 aliphatic carbocycles. The van der Waals surface area contributed by atoms with Crippen LogP contribution in [0.3, 0.4) is 0 Å². The van der Waals surface area contributed by atoms with Gasteiger partial charge in [0.1, 0.15) is 6.04 Å². The van der Waals surface area contributed by atoms with E-state index in [0.29, 0.717) is 6.42 Å². The molecule has 2 aromatic carbocycles. The van der Waals surface area contributed by atoms with Crippen molar-refractivity contribution >= 4 is 22.9 Å². The van der Waals surface area contributed by atoms with Crippen LogP contribution in [0.25, 0.3) is 10.9 Å². The number of hydrogen-bond acceptors (Lipinski definition) is 3. The molecule has 0 saturated carbocycles. The zero-order chi connectivity index (χ0) is 19.9. The van der Waals surface area contributed by atoms with Crippen LogP contribution in [-0.2, 0) is 17.6 Å². The fourth-order valence-corrected chi connectivity index (χ4v) is 3.24. The summed E-state index contributed by atoms with van der Waals surface area (Å²) < 4.78 is 0. The number of fused-ring (bicyclic) bond motifs is 1. The Labute approximate surface area is 162 Å². The maximum atomic E-state index is 12.7. The number of carboxylic acid groups (broad SMARTS) is 1. The molecule has 5 N–H and O–H groups in total. The van der Waals surface area contributed by atoms with Gasteiger partial charge in [-0.3, -0.25) is 4.79 Å². The Bertz CT molecular complexity index is 939. The molecule has 1 aromatic heterocycles. The predicted molar refractivity (Wildman–Crippen MR) is 106 cm³/mol. The molecule has 0 saturated heterocycles. The van der Waals surface area contributed by atoms with E-state index in [2.05, 4.69) is 15.6 Å². The molecule has 28 heavy (non-hydrogen) atoms. The summed E-state index contributed by atoms with van der Waals surface area (Å²) >= 11 is 0. The van der Waals surface area contributed by atoms with E-state index in [0.717, 1.165) is 22.0 Å². The minimum absolute atomic E-state index is 0.200. The minimum atomic E-state index is -1.27. The third-order valence-corrected chi connectivity index (χ3v) is 4.60. The monoisotopic (exact) mass is 381 g/mol. The summed E-state index contributed by atoms with van der Waals surface area (Å²) in [5, 5.41) is 24.8. The first-order valence-corrected chi connectivity index (χ1v) is 9.06. The number of amides is 2. The quantitative estimate of drug-likeness (QED) is 0.411. The van der Waals surface area contributed by atoms with E-state index >= 15 is 0 Å². The third kappa shape index (κ3) is 4.89. The average molecular weight is 381 g/mol. The number of aliphatic hydroxyl groups excluding tert-OH is 1. The Balaban J connectivity index is 1.72. The summed E-state index contributed by atoms with van der Waals surface area (Å²) in [7, 11) is 0. The van der Waals surface area contributed by atoms with Crippen molar-refractivity contribution in [3.05, 3.63) is 71.9 Å². The van der Waals surface area contributed by atoms with Crippen LogP contribution in [0.5, 0.6) is 0 Å². The van der Waals surface area contributed by atoms with Crippen molar-refractivity contribution in [3.8, 4) is 0 Å². The number of rotatable bonds is 8. The maximum Gasteiger partial charge on any atom is 0.405 e. The summed E-state index contributed by atoms with van der Waals surface area (Å²) in [4.78, 5) is 27.1. The van der Waals surface area contributed by atoms with E-state index in [-0.39, 0.29) is 13.0 Å². The molecule has 146 valence electrons. The topological polar surface area (TPSA) is 114 Å². The molecular formula is C21H23N3O4. The highest BCUT2D eigenvalue weighted by Crippen LogP contribution is 2.19. The van der Waals surface area contributed by atoms with Crippen LogP contribution >= 0.6 is 0 Å². The molecule has 7 nitrogen and oxygen atoms in total. The number of carbonyl (C=O) groups excluding carboxylic acids is 1. The van der Waals surface area contributed by atoms with Gasteiger partial charge in [-0.15, -0.1) is 0 Å². The smallest absolute Gasteiger partial charge is 0.405 e. The van der Waals surface area contributed by atoms with E-state index in [1.807, 2.05) is 54.6 Å². The van der Waals surface area contributed by atoms with Gasteiger partial charge in [0.15, 0.2) is 0 Å². The molecule has 7 heteroatoms. The number of benzene rings is 2. The largest absolute Gasteiger partial charge is 0.465 e. The second-order valence-corrected chi connectivity index (χ2v) is 6.64. The Hall–Kier alpha value is -3.32. The lowest BCUT2D eigenvalue weighted by molar-refractivity contribution is -0.124. The second-order valence-electron chi connectivity index (χ2n) is 6.64. The van der Waals surface area contributed by atoms with Crippen LogP contribution in [0.4, 0.5) is 4.79 Å². The molecule has 3 rings (SSSR count). The Kier molecular flexibility index (Phi) is 6.29. The standard InChI is InChI=1S/C21H23N3O4/c25-13-16(10-14-6-2-1-3-7-14)23-20(26)19(24-21(27)28)11-15-12-22-18-9-5-4-8-17(15)18/h1-9,12,16,19,22,24-25H,10-11,13H2,(H,23,26)(H,27,28)/t16-,19+/m0/s1. The van der Waals surface area contributed by atoms with Gasteiger partial charge in [-0.05, 0) is 23.6 Å². The molecular weight excluding hydrogens is 358 g/mol. The number of carbonyl (C=O) groups is 2. The number of H-pyrrole nitrogens is 1. The van der Waals surface area contributed by atoms with Crippen LogP contribution in [0.2, 0.25) is 0 Å². The lowest BCUT2D eigenvalue weighted by Crippen LogP contribution is -2.51. The number of nitrogens with one attached hydrogen (secondary N) is 3. The van der Waals surface area contributed by atoms with Crippen molar-refractivity contribution in [2.75, 3.05) is 6.61 Å². The summed E-state index contributed by atoms with van der Waals surface area (Å²) in [5.74, 6) is -0.470. The van der Waals surface area contributed by atoms with Crippen LogP contribution in [0.15, 0.2) is 60.8 Å².